The second-order valence-electron chi connectivity index (χ2n) is 7.84. The van der Waals surface area contributed by atoms with Crippen LogP contribution >= 0.6 is 0 Å². The smallest absolute Gasteiger partial charge is 0.333 e. The van der Waals surface area contributed by atoms with Crippen molar-refractivity contribution in [3.63, 3.8) is 0 Å². The third-order valence-corrected chi connectivity index (χ3v) is 6.77. The number of fused-ring (bicyclic) bond motifs is 4. The molecule has 0 aliphatic carbocycles. The quantitative estimate of drug-likeness (QED) is 0.403. The summed E-state index contributed by atoms with van der Waals surface area (Å²) in [4.78, 5) is 20.2. The van der Waals surface area contributed by atoms with Gasteiger partial charge in [0.2, 0.25) is 0 Å². The number of halogens is 1. The van der Waals surface area contributed by atoms with Crippen LogP contribution in [0, 0.1) is 11.3 Å². The van der Waals surface area contributed by atoms with E-state index in [2.05, 4.69) is 16.0 Å². The van der Waals surface area contributed by atoms with Crippen LogP contribution in [0.2, 0.25) is 0 Å². The van der Waals surface area contributed by atoms with E-state index in [-0.39, 0.29) is 5.43 Å². The lowest BCUT2D eigenvalue weighted by molar-refractivity contribution is 0.551. The number of pyridine rings is 2. The van der Waals surface area contributed by atoms with Crippen LogP contribution in [-0.2, 0) is 23.7 Å². The fourth-order valence-corrected chi connectivity index (χ4v) is 4.80. The second kappa shape index (κ2) is 7.25. The summed E-state index contributed by atoms with van der Waals surface area (Å²) in [6.45, 7) is 1.92. The van der Waals surface area contributed by atoms with Crippen LogP contribution in [-0.4, -0.2) is 23.0 Å². The zero-order valence-corrected chi connectivity index (χ0v) is 18.5. The van der Waals surface area contributed by atoms with Crippen molar-refractivity contribution in [2.24, 2.45) is 7.05 Å². The summed E-state index contributed by atoms with van der Waals surface area (Å²) in [5.74, 6) is 0. The largest absolute Gasteiger partial charge is 0.340 e. The predicted molar refractivity (Wildman–Crippen MR) is 124 cm³/mol. The van der Waals surface area contributed by atoms with Gasteiger partial charge in [0.05, 0.1) is 22.5 Å². The molecule has 0 fully saturated rings. The number of nitrogens with zero attached hydrogens (tertiary/aromatic N) is 3. The van der Waals surface area contributed by atoms with Crippen LogP contribution in [0.4, 0.5) is 3.89 Å². The summed E-state index contributed by atoms with van der Waals surface area (Å²) in [6.07, 6.45) is 3.00. The van der Waals surface area contributed by atoms with Crippen molar-refractivity contribution in [1.29, 1.82) is 5.26 Å². The number of rotatable bonds is 3. The molecule has 3 heterocycles. The molecule has 0 saturated carbocycles. The van der Waals surface area contributed by atoms with E-state index < -0.39 is 15.1 Å². The van der Waals surface area contributed by atoms with Gasteiger partial charge in [0.1, 0.15) is 10.5 Å². The van der Waals surface area contributed by atoms with Gasteiger partial charge in [-0.15, -0.1) is 3.89 Å². The summed E-state index contributed by atoms with van der Waals surface area (Å²) in [5.41, 5.74) is 4.17. The molecule has 0 radical (unpaired) electrons. The van der Waals surface area contributed by atoms with Crippen LogP contribution < -0.4 is 5.43 Å². The molecule has 164 valence electrons. The first-order valence-electron chi connectivity index (χ1n) is 10.1. The van der Waals surface area contributed by atoms with E-state index in [0.717, 1.165) is 17.1 Å². The van der Waals surface area contributed by atoms with Crippen molar-refractivity contribution >= 4 is 43.1 Å². The van der Waals surface area contributed by atoms with Gasteiger partial charge in [-0.25, -0.2) is 0 Å². The van der Waals surface area contributed by atoms with Gasteiger partial charge >= 0.3 is 10.2 Å². The van der Waals surface area contributed by atoms with E-state index in [4.69, 9.17) is 0 Å². The van der Waals surface area contributed by atoms with E-state index in [1.165, 1.54) is 12.3 Å². The molecule has 33 heavy (non-hydrogen) atoms. The van der Waals surface area contributed by atoms with Crippen LogP contribution in [0.3, 0.4) is 0 Å². The average molecular weight is 460 g/mol. The number of aromatic amines is 1. The number of nitriles is 1. The molecule has 5 rings (SSSR count). The Kier molecular flexibility index (Phi) is 4.58. The first kappa shape index (κ1) is 20.8. The van der Waals surface area contributed by atoms with Gasteiger partial charge in [0, 0.05) is 41.3 Å². The van der Waals surface area contributed by atoms with Gasteiger partial charge in [-0.05, 0) is 47.9 Å². The van der Waals surface area contributed by atoms with Crippen LogP contribution in [0.1, 0.15) is 18.1 Å². The van der Waals surface area contributed by atoms with Crippen LogP contribution in [0.25, 0.3) is 44.0 Å². The van der Waals surface area contributed by atoms with Gasteiger partial charge in [-0.3, -0.25) is 9.78 Å². The van der Waals surface area contributed by atoms with Gasteiger partial charge in [0.15, 0.2) is 5.43 Å². The molecule has 9 heteroatoms. The number of hydrogen-bond donors (Lipinski definition) is 1. The number of benzene rings is 2. The Balaban J connectivity index is 1.87. The predicted octanol–water partition coefficient (Wildman–Crippen LogP) is 4.33. The normalized spacial score (nSPS) is 11.9. The van der Waals surface area contributed by atoms with Gasteiger partial charge < -0.3 is 9.55 Å². The molecule has 0 unspecified atom stereocenters. The Morgan fingerprint density at radius 1 is 1.15 bits per heavy atom. The molecule has 0 saturated heterocycles. The molecule has 5 aromatic rings. The summed E-state index contributed by atoms with van der Waals surface area (Å²) in [5, 5.41) is 11.0. The molecule has 0 aliphatic heterocycles. The van der Waals surface area contributed by atoms with E-state index >= 15 is 0 Å². The molecule has 0 bridgehead atoms. The Hall–Kier alpha value is -4.03. The highest BCUT2D eigenvalue weighted by Crippen LogP contribution is 2.32. The standard InChI is InChI=1S/C24H17FN4O3S/c1-3-14-8-19-21(9-18(14)15-7-16(12-27-11-15)33(25,31)32)29(2)24-22(23(19)30)17-5-4-13(10-26)6-20(17)28-24/h4-9,11-12,28H,3H2,1-2H3. The minimum absolute atomic E-state index is 0.145. The molecular formula is C24H17FN4O3S. The van der Waals surface area contributed by atoms with Gasteiger partial charge in [0.25, 0.3) is 0 Å². The number of aromatic nitrogens is 3. The highest BCUT2D eigenvalue weighted by atomic mass is 32.3. The molecule has 0 spiro atoms. The lowest BCUT2D eigenvalue weighted by Gasteiger charge is -2.14. The summed E-state index contributed by atoms with van der Waals surface area (Å²) in [6, 6.07) is 12.1. The molecule has 2 aromatic carbocycles. The molecule has 0 amide bonds. The van der Waals surface area contributed by atoms with Gasteiger partial charge in [-0.1, -0.05) is 13.0 Å². The Bertz CT molecular complexity index is 1830. The Labute approximate surface area is 187 Å². The molecule has 7 nitrogen and oxygen atoms in total. The second-order valence-corrected chi connectivity index (χ2v) is 9.18. The van der Waals surface area contributed by atoms with Crippen molar-refractivity contribution in [2.75, 3.05) is 0 Å². The summed E-state index contributed by atoms with van der Waals surface area (Å²) in [7, 11) is -3.09. The van der Waals surface area contributed by atoms with Crippen molar-refractivity contribution in [3.8, 4) is 17.2 Å². The average Bonchev–Trinajstić information content (AvgIpc) is 3.20. The number of nitrogens with one attached hydrogen (secondary N) is 1. The third kappa shape index (κ3) is 3.18. The maximum Gasteiger partial charge on any atom is 0.333 e. The maximum atomic E-state index is 13.6. The topological polar surface area (TPSA) is 109 Å². The third-order valence-electron chi connectivity index (χ3n) is 5.98. The van der Waals surface area contributed by atoms with Crippen LogP contribution in [0.15, 0.2) is 58.5 Å². The first-order valence-corrected chi connectivity index (χ1v) is 11.5. The number of H-pyrrole nitrogens is 1. The maximum absolute atomic E-state index is 13.6. The zero-order valence-electron chi connectivity index (χ0n) is 17.7. The molecule has 3 aromatic heterocycles. The zero-order chi connectivity index (χ0) is 23.5. The van der Waals surface area contributed by atoms with E-state index in [0.29, 0.717) is 50.6 Å². The van der Waals surface area contributed by atoms with Crippen molar-refractivity contribution in [1.82, 2.24) is 14.5 Å². The van der Waals surface area contributed by atoms with Crippen molar-refractivity contribution in [2.45, 2.75) is 18.2 Å². The SMILES string of the molecule is CCc1cc2c(=O)c3c4ccc(C#N)cc4[nH]c3n(C)c2cc1-c1cncc(S(=O)(=O)F)c1. The molecule has 0 atom stereocenters. The number of hydrogen-bond acceptors (Lipinski definition) is 5. The highest BCUT2D eigenvalue weighted by Gasteiger charge is 2.19. The van der Waals surface area contributed by atoms with Crippen LogP contribution in [0.5, 0.6) is 0 Å². The first-order chi connectivity index (χ1) is 15.7. The lowest BCUT2D eigenvalue weighted by atomic mass is 9.96. The minimum atomic E-state index is -4.91. The Morgan fingerprint density at radius 2 is 1.94 bits per heavy atom. The minimum Gasteiger partial charge on any atom is -0.340 e. The summed E-state index contributed by atoms with van der Waals surface area (Å²) >= 11 is 0. The van der Waals surface area contributed by atoms with E-state index in [9.17, 15) is 22.4 Å². The van der Waals surface area contributed by atoms with Gasteiger partial charge in [-0.2, -0.15) is 13.7 Å². The fraction of sp³-hybridized carbons (Fsp3) is 0.125. The molecular weight excluding hydrogens is 443 g/mol. The number of aryl methyl sites for hydroxylation is 2. The van der Waals surface area contributed by atoms with E-state index in [1.54, 1.807) is 30.3 Å². The van der Waals surface area contributed by atoms with Crippen molar-refractivity contribution in [3.05, 3.63) is 70.1 Å². The lowest BCUT2D eigenvalue weighted by Crippen LogP contribution is -2.09. The monoisotopic (exact) mass is 460 g/mol. The molecule has 0 aliphatic rings. The van der Waals surface area contributed by atoms with Crippen molar-refractivity contribution < 1.29 is 12.3 Å². The highest BCUT2D eigenvalue weighted by molar-refractivity contribution is 7.86. The fourth-order valence-electron chi connectivity index (χ4n) is 4.34. The van der Waals surface area contributed by atoms with E-state index in [1.807, 2.05) is 18.5 Å². The Morgan fingerprint density at radius 3 is 2.64 bits per heavy atom. The molecule has 1 N–H and O–H groups in total. The summed E-state index contributed by atoms with van der Waals surface area (Å²) < 4.78 is 38.2.